The van der Waals surface area contributed by atoms with E-state index in [0.717, 1.165) is 24.4 Å². The van der Waals surface area contributed by atoms with E-state index in [1.54, 1.807) is 4.90 Å². The molecule has 0 amide bonds. The molecular weight excluding hydrogens is 446 g/mol. The van der Waals surface area contributed by atoms with Gasteiger partial charge in [0.1, 0.15) is 29.9 Å². The van der Waals surface area contributed by atoms with Gasteiger partial charge in [0.2, 0.25) is 5.95 Å². The van der Waals surface area contributed by atoms with Crippen molar-refractivity contribution in [2.75, 3.05) is 44.2 Å². The molecular formula is C19H20F6N4O3. The number of aromatic nitrogens is 2. The Kier molecular flexibility index (Phi) is 7.29. The molecule has 32 heavy (non-hydrogen) atoms. The molecule has 3 rings (SSSR count). The van der Waals surface area contributed by atoms with Crippen molar-refractivity contribution in [3.8, 4) is 11.5 Å². The van der Waals surface area contributed by atoms with Crippen molar-refractivity contribution >= 4 is 5.95 Å². The molecule has 1 aromatic carbocycles. The zero-order valence-corrected chi connectivity index (χ0v) is 16.6. The van der Waals surface area contributed by atoms with Gasteiger partial charge in [-0.25, -0.2) is 9.97 Å². The SMILES string of the molecule is O[C@@H](COc1ccc(OC(F)(F)F)cc1)CN1CCN(c2nccc(C(F)(F)F)n2)CC1. The summed E-state index contributed by atoms with van der Waals surface area (Å²) in [6.07, 6.45) is -9.14. The van der Waals surface area contributed by atoms with Gasteiger partial charge in [0.25, 0.3) is 0 Å². The highest BCUT2D eigenvalue weighted by Crippen LogP contribution is 2.28. The van der Waals surface area contributed by atoms with Gasteiger partial charge in [-0.05, 0) is 30.3 Å². The van der Waals surface area contributed by atoms with E-state index in [1.807, 2.05) is 4.90 Å². The molecule has 7 nitrogen and oxygen atoms in total. The van der Waals surface area contributed by atoms with Crippen molar-refractivity contribution in [2.24, 2.45) is 0 Å². The molecule has 176 valence electrons. The van der Waals surface area contributed by atoms with Crippen molar-refractivity contribution in [1.82, 2.24) is 14.9 Å². The Morgan fingerprint density at radius 3 is 2.16 bits per heavy atom. The van der Waals surface area contributed by atoms with Gasteiger partial charge in [-0.1, -0.05) is 0 Å². The van der Waals surface area contributed by atoms with Crippen LogP contribution in [0.25, 0.3) is 0 Å². The fourth-order valence-corrected chi connectivity index (χ4v) is 3.07. The first-order chi connectivity index (χ1) is 15.0. The molecule has 0 spiro atoms. The molecule has 13 heteroatoms. The molecule has 0 bridgehead atoms. The van der Waals surface area contributed by atoms with Crippen LogP contribution in [0.1, 0.15) is 5.69 Å². The predicted octanol–water partition coefficient (Wildman–Crippen LogP) is 2.96. The third kappa shape index (κ3) is 7.12. The van der Waals surface area contributed by atoms with E-state index in [9.17, 15) is 31.4 Å². The topological polar surface area (TPSA) is 71.0 Å². The molecule has 1 aliphatic heterocycles. The van der Waals surface area contributed by atoms with Gasteiger partial charge in [0.15, 0.2) is 0 Å². The Balaban J connectivity index is 1.42. The number of ether oxygens (including phenoxy) is 2. The van der Waals surface area contributed by atoms with Crippen molar-refractivity contribution in [1.29, 1.82) is 0 Å². The van der Waals surface area contributed by atoms with Gasteiger partial charge in [-0.2, -0.15) is 13.2 Å². The first kappa shape index (κ1) is 23.9. The van der Waals surface area contributed by atoms with Crippen LogP contribution in [-0.2, 0) is 6.18 Å². The van der Waals surface area contributed by atoms with Crippen molar-refractivity contribution in [3.05, 3.63) is 42.2 Å². The van der Waals surface area contributed by atoms with Crippen LogP contribution in [0, 0.1) is 0 Å². The van der Waals surface area contributed by atoms with Crippen molar-refractivity contribution in [2.45, 2.75) is 18.6 Å². The molecule has 2 aromatic rings. The minimum atomic E-state index is -4.78. The molecule has 1 saturated heterocycles. The Morgan fingerprint density at radius 1 is 0.938 bits per heavy atom. The summed E-state index contributed by atoms with van der Waals surface area (Å²) in [6.45, 7) is 1.88. The van der Waals surface area contributed by atoms with Crippen LogP contribution in [-0.4, -0.2) is 71.8 Å². The van der Waals surface area contributed by atoms with E-state index in [-0.39, 0.29) is 30.6 Å². The molecule has 1 aliphatic rings. The smallest absolute Gasteiger partial charge is 0.491 e. The van der Waals surface area contributed by atoms with Gasteiger partial charge in [0, 0.05) is 38.9 Å². The van der Waals surface area contributed by atoms with E-state index in [1.165, 1.54) is 12.1 Å². The highest BCUT2D eigenvalue weighted by atomic mass is 19.4. The molecule has 1 N–H and O–H groups in total. The zero-order chi connectivity index (χ0) is 23.4. The van der Waals surface area contributed by atoms with E-state index in [0.29, 0.717) is 26.2 Å². The maximum Gasteiger partial charge on any atom is 0.573 e. The lowest BCUT2D eigenvalue weighted by Crippen LogP contribution is -2.49. The number of piperazine rings is 1. The molecule has 1 fully saturated rings. The van der Waals surface area contributed by atoms with E-state index >= 15 is 0 Å². The largest absolute Gasteiger partial charge is 0.573 e. The first-order valence-electron chi connectivity index (χ1n) is 9.54. The normalized spacial score (nSPS) is 16.7. The van der Waals surface area contributed by atoms with Crippen LogP contribution in [0.15, 0.2) is 36.5 Å². The van der Waals surface area contributed by atoms with Crippen LogP contribution < -0.4 is 14.4 Å². The lowest BCUT2D eigenvalue weighted by molar-refractivity contribution is -0.274. The monoisotopic (exact) mass is 466 g/mol. The Labute approximate surface area is 179 Å². The molecule has 1 atom stereocenters. The summed E-state index contributed by atoms with van der Waals surface area (Å²) in [6, 6.07) is 5.60. The summed E-state index contributed by atoms with van der Waals surface area (Å²) in [5.74, 6) is -0.112. The van der Waals surface area contributed by atoms with Gasteiger partial charge in [-0.3, -0.25) is 4.90 Å². The Bertz CT molecular complexity index is 871. The van der Waals surface area contributed by atoms with Crippen LogP contribution in [0.3, 0.4) is 0 Å². The molecule has 1 aromatic heterocycles. The third-order valence-electron chi connectivity index (χ3n) is 4.56. The number of rotatable bonds is 7. The van der Waals surface area contributed by atoms with E-state index < -0.39 is 24.3 Å². The van der Waals surface area contributed by atoms with Gasteiger partial charge in [0.05, 0.1) is 0 Å². The number of aliphatic hydroxyl groups is 1. The third-order valence-corrected chi connectivity index (χ3v) is 4.56. The lowest BCUT2D eigenvalue weighted by Gasteiger charge is -2.35. The highest BCUT2D eigenvalue weighted by Gasteiger charge is 2.33. The number of β-amino-alcohol motifs (C(OH)–C–C–N with tert-alkyl or cyclic N) is 1. The van der Waals surface area contributed by atoms with Crippen LogP contribution in [0.4, 0.5) is 32.3 Å². The highest BCUT2D eigenvalue weighted by molar-refractivity contribution is 5.32. The Hall–Kier alpha value is -2.80. The molecule has 0 unspecified atom stereocenters. The fourth-order valence-electron chi connectivity index (χ4n) is 3.07. The quantitative estimate of drug-likeness (QED) is 0.630. The molecule has 0 aliphatic carbocycles. The van der Waals surface area contributed by atoms with Crippen molar-refractivity contribution < 1.29 is 40.9 Å². The fraction of sp³-hybridized carbons (Fsp3) is 0.474. The summed E-state index contributed by atoms with van der Waals surface area (Å²) >= 11 is 0. The number of aliphatic hydroxyl groups excluding tert-OH is 1. The average Bonchev–Trinajstić information content (AvgIpc) is 2.72. The van der Waals surface area contributed by atoms with Crippen LogP contribution in [0.5, 0.6) is 11.5 Å². The summed E-state index contributed by atoms with van der Waals surface area (Å²) in [4.78, 5) is 11.0. The summed E-state index contributed by atoms with van der Waals surface area (Å²) in [5, 5.41) is 10.2. The van der Waals surface area contributed by atoms with Crippen molar-refractivity contribution in [3.63, 3.8) is 0 Å². The second-order valence-corrected chi connectivity index (χ2v) is 7.01. The summed E-state index contributed by atoms with van der Waals surface area (Å²) in [7, 11) is 0. The number of anilines is 1. The van der Waals surface area contributed by atoms with Gasteiger partial charge < -0.3 is 19.5 Å². The maximum absolute atomic E-state index is 12.8. The van der Waals surface area contributed by atoms with E-state index in [2.05, 4.69) is 14.7 Å². The molecule has 2 heterocycles. The molecule has 0 radical (unpaired) electrons. The number of benzene rings is 1. The number of alkyl halides is 6. The summed E-state index contributed by atoms with van der Waals surface area (Å²) in [5.41, 5.74) is -1.00. The number of nitrogens with zero attached hydrogens (tertiary/aromatic N) is 4. The summed E-state index contributed by atoms with van der Waals surface area (Å²) < 4.78 is 84.1. The number of hydrogen-bond acceptors (Lipinski definition) is 7. The zero-order valence-electron chi connectivity index (χ0n) is 16.6. The molecule has 0 saturated carbocycles. The van der Waals surface area contributed by atoms with Gasteiger partial charge in [-0.15, -0.1) is 13.2 Å². The van der Waals surface area contributed by atoms with Crippen LogP contribution in [0.2, 0.25) is 0 Å². The second kappa shape index (κ2) is 9.77. The Morgan fingerprint density at radius 2 is 1.56 bits per heavy atom. The second-order valence-electron chi connectivity index (χ2n) is 7.01. The van der Waals surface area contributed by atoms with Gasteiger partial charge >= 0.3 is 12.5 Å². The number of halogens is 6. The lowest BCUT2D eigenvalue weighted by atomic mass is 10.2. The average molecular weight is 466 g/mol. The predicted molar refractivity (Wildman–Crippen MR) is 100 cm³/mol. The first-order valence-corrected chi connectivity index (χ1v) is 9.54. The maximum atomic E-state index is 12.8. The van der Waals surface area contributed by atoms with E-state index in [4.69, 9.17) is 4.74 Å². The number of hydrogen-bond donors (Lipinski definition) is 1. The minimum Gasteiger partial charge on any atom is -0.491 e. The standard InChI is InChI=1S/C19H20F6N4O3/c20-18(21,22)16-5-6-26-17(27-16)29-9-7-28(8-10-29)11-13(30)12-31-14-1-3-15(4-2-14)32-19(23,24)25/h1-6,13,30H,7-12H2/t13-/m1/s1. The minimum absolute atomic E-state index is 0.00121. The van der Waals surface area contributed by atoms with Crippen LogP contribution >= 0.6 is 0 Å².